The van der Waals surface area contributed by atoms with Crippen LogP contribution in [0.15, 0.2) is 53.9 Å². The number of methoxy groups -OCH3 is 1. The second kappa shape index (κ2) is 7.11. The Morgan fingerprint density at radius 1 is 1.13 bits per heavy atom. The van der Waals surface area contributed by atoms with E-state index < -0.39 is 15.9 Å². The summed E-state index contributed by atoms with van der Waals surface area (Å²) in [6.45, 7) is 1.83. The first-order valence-corrected chi connectivity index (χ1v) is 8.41. The second-order valence-electron chi connectivity index (χ2n) is 4.87. The number of carbonyl (C=O) groups is 1. The molecule has 0 fully saturated rings. The minimum Gasteiger partial charge on any atom is -0.496 e. The average Bonchev–Trinajstić information content (AvgIpc) is 2.54. The Morgan fingerprint density at radius 3 is 2.48 bits per heavy atom. The van der Waals surface area contributed by atoms with Crippen molar-refractivity contribution in [2.24, 2.45) is 0 Å². The van der Waals surface area contributed by atoms with Gasteiger partial charge in [0.25, 0.3) is 15.9 Å². The van der Waals surface area contributed by atoms with Gasteiger partial charge in [0, 0.05) is 5.56 Å². The largest absolute Gasteiger partial charge is 0.496 e. The van der Waals surface area contributed by atoms with Gasteiger partial charge < -0.3 is 4.74 Å². The SMILES string of the molecule is COc1cc(C(=O)NS(=O)(=O)/C=C/c2ccccc2)ccc1C. The van der Waals surface area contributed by atoms with E-state index in [2.05, 4.69) is 0 Å². The number of hydrogen-bond acceptors (Lipinski definition) is 4. The minimum absolute atomic E-state index is 0.212. The van der Waals surface area contributed by atoms with Crippen molar-refractivity contribution in [3.05, 3.63) is 70.6 Å². The van der Waals surface area contributed by atoms with Crippen LogP contribution < -0.4 is 9.46 Å². The predicted octanol–water partition coefficient (Wildman–Crippen LogP) is 2.73. The number of sulfonamides is 1. The standard InChI is InChI=1S/C17H17NO4S/c1-13-8-9-15(12-16(13)22-2)17(19)18-23(20,21)11-10-14-6-4-3-5-7-14/h3-12H,1-2H3,(H,18,19)/b11-10+. The molecule has 2 aromatic carbocycles. The molecule has 0 saturated heterocycles. The van der Waals surface area contributed by atoms with E-state index in [0.29, 0.717) is 5.75 Å². The number of amides is 1. The van der Waals surface area contributed by atoms with Crippen molar-refractivity contribution in [3.63, 3.8) is 0 Å². The van der Waals surface area contributed by atoms with Crippen LogP contribution in [0.4, 0.5) is 0 Å². The van der Waals surface area contributed by atoms with Gasteiger partial charge in [-0.3, -0.25) is 4.79 Å². The lowest BCUT2D eigenvalue weighted by Gasteiger charge is -2.07. The van der Waals surface area contributed by atoms with Gasteiger partial charge in [-0.25, -0.2) is 13.1 Å². The molecule has 0 aliphatic rings. The molecule has 0 aliphatic heterocycles. The summed E-state index contributed by atoms with van der Waals surface area (Å²) >= 11 is 0. The fraction of sp³-hybridized carbons (Fsp3) is 0.118. The van der Waals surface area contributed by atoms with Crippen LogP contribution in [0.5, 0.6) is 5.75 Å². The fourth-order valence-electron chi connectivity index (χ4n) is 1.92. The third-order valence-electron chi connectivity index (χ3n) is 3.14. The van der Waals surface area contributed by atoms with Crippen LogP contribution in [0, 0.1) is 6.92 Å². The fourth-order valence-corrected chi connectivity index (χ4v) is 2.70. The van der Waals surface area contributed by atoms with Crippen molar-refractivity contribution >= 4 is 22.0 Å². The molecule has 1 amide bonds. The zero-order valence-corrected chi connectivity index (χ0v) is 13.6. The monoisotopic (exact) mass is 331 g/mol. The number of hydrogen-bond donors (Lipinski definition) is 1. The van der Waals surface area contributed by atoms with Crippen LogP contribution in [0.3, 0.4) is 0 Å². The molecule has 0 unspecified atom stereocenters. The van der Waals surface area contributed by atoms with Crippen LogP contribution in [-0.2, 0) is 10.0 Å². The van der Waals surface area contributed by atoms with Gasteiger partial charge in [-0.1, -0.05) is 36.4 Å². The lowest BCUT2D eigenvalue weighted by molar-refractivity contribution is 0.0981. The maximum absolute atomic E-state index is 12.1. The van der Waals surface area contributed by atoms with Crippen LogP contribution >= 0.6 is 0 Å². The first-order chi connectivity index (χ1) is 10.9. The average molecular weight is 331 g/mol. The summed E-state index contributed by atoms with van der Waals surface area (Å²) in [5.74, 6) is -0.184. The van der Waals surface area contributed by atoms with Crippen LogP contribution in [0.25, 0.3) is 6.08 Å². The summed E-state index contributed by atoms with van der Waals surface area (Å²) in [5.41, 5.74) is 1.79. The highest BCUT2D eigenvalue weighted by atomic mass is 32.2. The van der Waals surface area contributed by atoms with Gasteiger partial charge in [-0.15, -0.1) is 0 Å². The highest BCUT2D eigenvalue weighted by Gasteiger charge is 2.14. The van der Waals surface area contributed by atoms with Gasteiger partial charge >= 0.3 is 0 Å². The zero-order chi connectivity index (χ0) is 16.9. The first kappa shape index (κ1) is 16.8. The maximum Gasteiger partial charge on any atom is 0.265 e. The van der Waals surface area contributed by atoms with E-state index in [4.69, 9.17) is 4.74 Å². The summed E-state index contributed by atoms with van der Waals surface area (Å²) in [6, 6.07) is 13.7. The molecule has 120 valence electrons. The van der Waals surface area contributed by atoms with Crippen molar-refractivity contribution in [2.45, 2.75) is 6.92 Å². The number of ether oxygens (including phenoxy) is 1. The smallest absolute Gasteiger partial charge is 0.265 e. The van der Waals surface area contributed by atoms with Crippen molar-refractivity contribution in [1.29, 1.82) is 0 Å². The Bertz CT molecular complexity index is 827. The Hall–Kier alpha value is -2.60. The lowest BCUT2D eigenvalue weighted by Crippen LogP contribution is -2.28. The Morgan fingerprint density at radius 2 is 1.83 bits per heavy atom. The Labute approximate surface area is 135 Å². The Balaban J connectivity index is 2.14. The molecule has 5 nitrogen and oxygen atoms in total. The van der Waals surface area contributed by atoms with Gasteiger partial charge in [0.2, 0.25) is 0 Å². The molecule has 2 aromatic rings. The van der Waals surface area contributed by atoms with Crippen molar-refractivity contribution in [2.75, 3.05) is 7.11 Å². The summed E-state index contributed by atoms with van der Waals surface area (Å²) in [4.78, 5) is 12.1. The molecule has 0 heterocycles. The van der Waals surface area contributed by atoms with E-state index in [1.54, 1.807) is 36.4 Å². The molecular weight excluding hydrogens is 314 g/mol. The van der Waals surface area contributed by atoms with E-state index in [-0.39, 0.29) is 5.56 Å². The van der Waals surface area contributed by atoms with Crippen molar-refractivity contribution in [3.8, 4) is 5.75 Å². The number of carbonyl (C=O) groups excluding carboxylic acids is 1. The zero-order valence-electron chi connectivity index (χ0n) is 12.8. The molecule has 2 rings (SSSR count). The van der Waals surface area contributed by atoms with Crippen LogP contribution in [-0.4, -0.2) is 21.4 Å². The van der Waals surface area contributed by atoms with Crippen LogP contribution in [0.2, 0.25) is 0 Å². The molecule has 0 bridgehead atoms. The van der Waals surface area contributed by atoms with Gasteiger partial charge in [0.1, 0.15) is 5.75 Å². The van der Waals surface area contributed by atoms with Gasteiger partial charge in [-0.05, 0) is 36.3 Å². The topological polar surface area (TPSA) is 72.5 Å². The molecule has 1 N–H and O–H groups in total. The maximum atomic E-state index is 12.1. The number of rotatable bonds is 5. The molecular formula is C17H17NO4S. The molecule has 0 saturated carbocycles. The number of aryl methyl sites for hydroxylation is 1. The molecule has 0 spiro atoms. The summed E-state index contributed by atoms with van der Waals surface area (Å²) in [7, 11) is -2.39. The minimum atomic E-state index is -3.88. The van der Waals surface area contributed by atoms with E-state index in [0.717, 1.165) is 16.5 Å². The van der Waals surface area contributed by atoms with E-state index in [9.17, 15) is 13.2 Å². The van der Waals surface area contributed by atoms with Crippen molar-refractivity contribution < 1.29 is 17.9 Å². The van der Waals surface area contributed by atoms with Gasteiger partial charge in [0.15, 0.2) is 0 Å². The van der Waals surface area contributed by atoms with Crippen molar-refractivity contribution in [1.82, 2.24) is 4.72 Å². The van der Waals surface area contributed by atoms with Crippen LogP contribution in [0.1, 0.15) is 21.5 Å². The summed E-state index contributed by atoms with van der Waals surface area (Å²) in [6.07, 6.45) is 1.42. The molecule has 0 atom stereocenters. The lowest BCUT2D eigenvalue weighted by atomic mass is 10.1. The predicted molar refractivity (Wildman–Crippen MR) is 89.6 cm³/mol. The summed E-state index contributed by atoms with van der Waals surface area (Å²) < 4.78 is 31.1. The molecule has 0 radical (unpaired) electrons. The Kier molecular flexibility index (Phi) is 5.18. The van der Waals surface area contributed by atoms with E-state index in [1.807, 2.05) is 17.7 Å². The second-order valence-corrected chi connectivity index (χ2v) is 6.44. The number of benzene rings is 2. The summed E-state index contributed by atoms with van der Waals surface area (Å²) in [5, 5.41) is 0.964. The first-order valence-electron chi connectivity index (χ1n) is 6.86. The molecule has 0 aromatic heterocycles. The third kappa shape index (κ3) is 4.69. The normalized spacial score (nSPS) is 11.4. The van der Waals surface area contributed by atoms with Gasteiger partial charge in [-0.2, -0.15) is 0 Å². The molecule has 23 heavy (non-hydrogen) atoms. The number of nitrogens with one attached hydrogen (secondary N) is 1. The highest BCUT2D eigenvalue weighted by molar-refractivity contribution is 7.93. The quantitative estimate of drug-likeness (QED) is 0.914. The van der Waals surface area contributed by atoms with E-state index in [1.165, 1.54) is 19.3 Å². The third-order valence-corrected chi connectivity index (χ3v) is 4.11. The van der Waals surface area contributed by atoms with E-state index >= 15 is 0 Å². The molecule has 6 heteroatoms. The molecule has 0 aliphatic carbocycles. The highest BCUT2D eigenvalue weighted by Crippen LogP contribution is 2.19. The van der Waals surface area contributed by atoms with Gasteiger partial charge in [0.05, 0.1) is 12.5 Å².